The molecule has 1 rings (SSSR count). The molecule has 24 heavy (non-hydrogen) atoms. The van der Waals surface area contributed by atoms with Crippen LogP contribution in [-0.2, 0) is 38.1 Å². The first-order valence-corrected chi connectivity index (χ1v) is 7.44. The second kappa shape index (κ2) is 8.47. The minimum Gasteiger partial charge on any atom is -0.465 e. The fourth-order valence-corrected chi connectivity index (χ4v) is 2.62. The second-order valence-corrected chi connectivity index (χ2v) is 5.60. The first-order valence-electron chi connectivity index (χ1n) is 7.44. The molecule has 0 N–H and O–H groups in total. The lowest BCUT2D eigenvalue weighted by molar-refractivity contribution is -0.192. The molecular weight excluding hydrogens is 320 g/mol. The van der Waals surface area contributed by atoms with Gasteiger partial charge in [0.25, 0.3) is 0 Å². The van der Waals surface area contributed by atoms with Crippen LogP contribution in [0.15, 0.2) is 12.2 Å². The van der Waals surface area contributed by atoms with Gasteiger partial charge in [-0.15, -0.1) is 0 Å². The van der Waals surface area contributed by atoms with Gasteiger partial charge in [0.1, 0.15) is 6.10 Å². The molecule has 0 amide bonds. The largest absolute Gasteiger partial charge is 0.465 e. The van der Waals surface area contributed by atoms with Crippen molar-refractivity contribution in [2.45, 2.75) is 52.4 Å². The number of esters is 4. The van der Waals surface area contributed by atoms with Crippen molar-refractivity contribution in [2.24, 2.45) is 5.92 Å². The maximum Gasteiger partial charge on any atom is 0.303 e. The number of ether oxygens (including phenoxy) is 4. The van der Waals surface area contributed by atoms with Crippen LogP contribution in [0.4, 0.5) is 0 Å². The van der Waals surface area contributed by atoms with E-state index in [9.17, 15) is 19.2 Å². The van der Waals surface area contributed by atoms with Gasteiger partial charge in [0, 0.05) is 33.6 Å². The first kappa shape index (κ1) is 19.7. The van der Waals surface area contributed by atoms with Crippen molar-refractivity contribution < 1.29 is 38.1 Å². The van der Waals surface area contributed by atoms with Gasteiger partial charge in [-0.1, -0.05) is 6.58 Å². The summed E-state index contributed by atoms with van der Waals surface area (Å²) in [6, 6.07) is 0. The molecule has 0 unspecified atom stereocenters. The lowest BCUT2D eigenvalue weighted by Crippen LogP contribution is -2.54. The molecule has 1 aliphatic rings. The molecule has 134 valence electrons. The van der Waals surface area contributed by atoms with E-state index >= 15 is 0 Å². The van der Waals surface area contributed by atoms with E-state index in [1.54, 1.807) is 0 Å². The van der Waals surface area contributed by atoms with Gasteiger partial charge in [-0.05, 0) is 12.0 Å². The molecule has 0 spiro atoms. The van der Waals surface area contributed by atoms with E-state index in [4.69, 9.17) is 18.9 Å². The van der Waals surface area contributed by atoms with Crippen molar-refractivity contribution in [1.29, 1.82) is 0 Å². The van der Waals surface area contributed by atoms with E-state index in [0.29, 0.717) is 5.57 Å². The summed E-state index contributed by atoms with van der Waals surface area (Å²) >= 11 is 0. The number of rotatable bonds is 5. The summed E-state index contributed by atoms with van der Waals surface area (Å²) in [6.45, 7) is 8.66. The van der Waals surface area contributed by atoms with Gasteiger partial charge in [-0.2, -0.15) is 0 Å². The summed E-state index contributed by atoms with van der Waals surface area (Å²) < 4.78 is 20.7. The highest BCUT2D eigenvalue weighted by Crippen LogP contribution is 2.35. The SMILES string of the molecule is C=C1C[C@@H](COC(C)=O)[C@@H](OC(C)=O)[C@H](OC(C)=O)[C@H]1OC(C)=O. The summed E-state index contributed by atoms with van der Waals surface area (Å²) in [4.78, 5) is 45.3. The van der Waals surface area contributed by atoms with Gasteiger partial charge in [0.15, 0.2) is 12.2 Å². The highest BCUT2D eigenvalue weighted by Gasteiger charge is 2.47. The van der Waals surface area contributed by atoms with Crippen LogP contribution in [-0.4, -0.2) is 48.8 Å². The molecule has 0 aromatic carbocycles. The third-order valence-corrected chi connectivity index (χ3v) is 3.41. The number of hydrogen-bond donors (Lipinski definition) is 0. The smallest absolute Gasteiger partial charge is 0.303 e. The quantitative estimate of drug-likeness (QED) is 0.412. The van der Waals surface area contributed by atoms with Gasteiger partial charge >= 0.3 is 23.9 Å². The van der Waals surface area contributed by atoms with E-state index in [1.807, 2.05) is 0 Å². The summed E-state index contributed by atoms with van der Waals surface area (Å²) in [5.74, 6) is -2.78. The van der Waals surface area contributed by atoms with E-state index in [1.165, 1.54) is 27.7 Å². The van der Waals surface area contributed by atoms with E-state index in [2.05, 4.69) is 6.58 Å². The van der Waals surface area contributed by atoms with E-state index in [-0.39, 0.29) is 13.0 Å². The van der Waals surface area contributed by atoms with Crippen LogP contribution in [0.2, 0.25) is 0 Å². The highest BCUT2D eigenvalue weighted by atomic mass is 16.6. The second-order valence-electron chi connectivity index (χ2n) is 5.60. The minimum absolute atomic E-state index is 0.0448. The molecule has 0 aromatic heterocycles. The third-order valence-electron chi connectivity index (χ3n) is 3.41. The molecule has 8 nitrogen and oxygen atoms in total. The Bertz CT molecular complexity index is 538. The van der Waals surface area contributed by atoms with Crippen molar-refractivity contribution >= 4 is 23.9 Å². The normalized spacial score (nSPS) is 26.2. The fraction of sp³-hybridized carbons (Fsp3) is 0.625. The predicted molar refractivity (Wildman–Crippen MR) is 80.5 cm³/mol. The zero-order valence-corrected chi connectivity index (χ0v) is 14.2. The van der Waals surface area contributed by atoms with Crippen molar-refractivity contribution in [3.63, 3.8) is 0 Å². The average molecular weight is 342 g/mol. The number of carbonyl (C=O) groups excluding carboxylic acids is 4. The Hall–Kier alpha value is -2.38. The number of carbonyl (C=O) groups is 4. The standard InChI is InChI=1S/C16H22O8/c1-8-6-13(7-21-9(2)17)15(23-11(4)19)16(24-12(5)20)14(8)22-10(3)18/h13-16H,1,6-7H2,2-5H3/t13-,14-,15+,16+/m0/s1. The number of hydrogen-bond acceptors (Lipinski definition) is 8. The van der Waals surface area contributed by atoms with Crippen molar-refractivity contribution in [3.8, 4) is 0 Å². The molecular formula is C16H22O8. The van der Waals surface area contributed by atoms with Crippen LogP contribution in [0, 0.1) is 5.92 Å². The van der Waals surface area contributed by atoms with Crippen LogP contribution in [0.3, 0.4) is 0 Å². The van der Waals surface area contributed by atoms with Crippen molar-refractivity contribution in [2.75, 3.05) is 6.61 Å². The zero-order valence-electron chi connectivity index (χ0n) is 14.2. The van der Waals surface area contributed by atoms with E-state index < -0.39 is 48.1 Å². The molecule has 0 aromatic rings. The topological polar surface area (TPSA) is 105 Å². The minimum atomic E-state index is -1.06. The fourth-order valence-electron chi connectivity index (χ4n) is 2.62. The zero-order chi connectivity index (χ0) is 18.4. The molecule has 0 radical (unpaired) electrons. The third kappa shape index (κ3) is 5.68. The van der Waals surface area contributed by atoms with Crippen molar-refractivity contribution in [1.82, 2.24) is 0 Å². The summed E-state index contributed by atoms with van der Waals surface area (Å²) in [6.07, 6.45) is -2.65. The first-order chi connectivity index (χ1) is 11.1. The molecule has 0 bridgehead atoms. The lowest BCUT2D eigenvalue weighted by Gasteiger charge is -2.41. The molecule has 0 aliphatic heterocycles. The Morgan fingerprint density at radius 3 is 1.83 bits per heavy atom. The van der Waals surface area contributed by atoms with Crippen LogP contribution in [0.1, 0.15) is 34.1 Å². The molecule has 0 heterocycles. The Morgan fingerprint density at radius 1 is 0.875 bits per heavy atom. The monoisotopic (exact) mass is 342 g/mol. The van der Waals surface area contributed by atoms with Crippen LogP contribution >= 0.6 is 0 Å². The molecule has 8 heteroatoms. The summed E-state index contributed by atoms with van der Waals surface area (Å²) in [7, 11) is 0. The van der Waals surface area contributed by atoms with Gasteiger partial charge in [0.2, 0.25) is 0 Å². The Balaban J connectivity index is 3.13. The van der Waals surface area contributed by atoms with Crippen LogP contribution in [0.5, 0.6) is 0 Å². The molecule has 1 saturated carbocycles. The van der Waals surface area contributed by atoms with Gasteiger partial charge in [-0.25, -0.2) is 0 Å². The molecule has 1 fully saturated rings. The Labute approximate surface area is 140 Å². The maximum atomic E-state index is 11.4. The Kier molecular flexibility index (Phi) is 6.94. The van der Waals surface area contributed by atoms with Gasteiger partial charge in [0.05, 0.1) is 6.61 Å². The summed E-state index contributed by atoms with van der Waals surface area (Å²) in [5, 5.41) is 0. The van der Waals surface area contributed by atoms with Crippen molar-refractivity contribution in [3.05, 3.63) is 12.2 Å². The average Bonchev–Trinajstić information content (AvgIpc) is 2.42. The van der Waals surface area contributed by atoms with Crippen LogP contribution < -0.4 is 0 Å². The van der Waals surface area contributed by atoms with Crippen LogP contribution in [0.25, 0.3) is 0 Å². The molecule has 4 atom stereocenters. The van der Waals surface area contributed by atoms with E-state index in [0.717, 1.165) is 0 Å². The Morgan fingerprint density at radius 2 is 1.38 bits per heavy atom. The molecule has 1 aliphatic carbocycles. The van der Waals surface area contributed by atoms with Gasteiger partial charge < -0.3 is 18.9 Å². The van der Waals surface area contributed by atoms with Gasteiger partial charge in [-0.3, -0.25) is 19.2 Å². The highest BCUT2D eigenvalue weighted by molar-refractivity contribution is 5.69. The predicted octanol–water partition coefficient (Wildman–Crippen LogP) is 0.921. The molecule has 0 saturated heterocycles. The summed E-state index contributed by atoms with van der Waals surface area (Å²) in [5.41, 5.74) is 0.483. The lowest BCUT2D eigenvalue weighted by atomic mass is 9.79. The maximum absolute atomic E-state index is 11.4.